The molecule has 0 aliphatic carbocycles. The van der Waals surface area contributed by atoms with Crippen LogP contribution in [0.3, 0.4) is 0 Å². The summed E-state index contributed by atoms with van der Waals surface area (Å²) < 4.78 is 22.1. The van der Waals surface area contributed by atoms with Crippen LogP contribution in [0.2, 0.25) is 0 Å². The predicted molar refractivity (Wildman–Crippen MR) is 64.8 cm³/mol. The van der Waals surface area contributed by atoms with Crippen LogP contribution in [-0.4, -0.2) is 31.5 Å². The number of rotatable bonds is 5. The number of anilines is 2. The van der Waals surface area contributed by atoms with E-state index in [9.17, 15) is 8.42 Å². The third-order valence-electron chi connectivity index (χ3n) is 1.87. The van der Waals surface area contributed by atoms with E-state index in [0.717, 1.165) is 5.69 Å². The highest BCUT2D eigenvalue weighted by Crippen LogP contribution is 2.12. The number of aromatic nitrogens is 1. The highest BCUT2D eigenvalue weighted by Gasteiger charge is 2.10. The van der Waals surface area contributed by atoms with Crippen LogP contribution in [0, 0.1) is 0 Å². The Bertz CT molecular complexity index is 447. The van der Waals surface area contributed by atoms with E-state index in [1.165, 1.54) is 6.26 Å². The first kappa shape index (κ1) is 12.7. The van der Waals surface area contributed by atoms with Crippen LogP contribution in [0.15, 0.2) is 18.3 Å². The summed E-state index contributed by atoms with van der Waals surface area (Å²) in [5, 5.41) is 3.06. The van der Waals surface area contributed by atoms with E-state index in [2.05, 4.69) is 15.7 Å². The fraction of sp³-hybridized carbons (Fsp3) is 0.444. The molecule has 1 unspecified atom stereocenters. The first-order valence-corrected chi connectivity index (χ1v) is 6.83. The van der Waals surface area contributed by atoms with Crippen molar-refractivity contribution in [2.45, 2.75) is 13.0 Å². The molecule has 4 N–H and O–H groups in total. The number of hydrogen-bond acceptors (Lipinski definition) is 6. The van der Waals surface area contributed by atoms with Crippen molar-refractivity contribution in [3.63, 3.8) is 0 Å². The summed E-state index contributed by atoms with van der Waals surface area (Å²) in [5.41, 5.74) is 3.20. The van der Waals surface area contributed by atoms with Gasteiger partial charge in [-0.05, 0) is 13.0 Å². The van der Waals surface area contributed by atoms with Crippen molar-refractivity contribution >= 4 is 21.3 Å². The number of nitrogen functional groups attached to an aromatic ring is 1. The van der Waals surface area contributed by atoms with Gasteiger partial charge in [0.05, 0.1) is 5.75 Å². The molecule has 0 fully saturated rings. The van der Waals surface area contributed by atoms with Crippen molar-refractivity contribution in [1.82, 2.24) is 4.98 Å². The Hall–Kier alpha value is -1.34. The SMILES string of the molecule is CC(CS(C)(=O)=O)Nc1ccnc(NN)c1. The summed E-state index contributed by atoms with van der Waals surface area (Å²) in [5.74, 6) is 5.82. The van der Waals surface area contributed by atoms with Crippen LogP contribution < -0.4 is 16.6 Å². The molecule has 7 heteroatoms. The molecular weight excluding hydrogens is 228 g/mol. The summed E-state index contributed by atoms with van der Waals surface area (Å²) in [6, 6.07) is 3.29. The fourth-order valence-corrected chi connectivity index (χ4v) is 2.37. The van der Waals surface area contributed by atoms with Crippen LogP contribution in [-0.2, 0) is 9.84 Å². The first-order chi connectivity index (χ1) is 7.40. The smallest absolute Gasteiger partial charge is 0.149 e. The predicted octanol–water partition coefficient (Wildman–Crippen LogP) is 0.212. The Balaban J connectivity index is 2.65. The molecule has 90 valence electrons. The van der Waals surface area contributed by atoms with Crippen LogP contribution in [0.25, 0.3) is 0 Å². The average molecular weight is 244 g/mol. The van der Waals surface area contributed by atoms with Gasteiger partial charge in [-0.2, -0.15) is 0 Å². The Morgan fingerprint density at radius 3 is 2.81 bits per heavy atom. The molecule has 0 aromatic carbocycles. The lowest BCUT2D eigenvalue weighted by Gasteiger charge is -2.14. The van der Waals surface area contributed by atoms with Crippen molar-refractivity contribution in [2.24, 2.45) is 5.84 Å². The van der Waals surface area contributed by atoms with E-state index in [-0.39, 0.29) is 11.8 Å². The number of nitrogens with one attached hydrogen (secondary N) is 2. The second-order valence-electron chi connectivity index (χ2n) is 3.71. The van der Waals surface area contributed by atoms with Gasteiger partial charge in [-0.3, -0.25) is 0 Å². The Labute approximate surface area is 95.1 Å². The monoisotopic (exact) mass is 244 g/mol. The number of hydrogen-bond donors (Lipinski definition) is 3. The van der Waals surface area contributed by atoms with Crippen LogP contribution in [0.5, 0.6) is 0 Å². The minimum atomic E-state index is -2.98. The van der Waals surface area contributed by atoms with Gasteiger partial charge in [0.1, 0.15) is 15.7 Å². The van der Waals surface area contributed by atoms with E-state index in [4.69, 9.17) is 5.84 Å². The largest absolute Gasteiger partial charge is 0.381 e. The lowest BCUT2D eigenvalue weighted by molar-refractivity contribution is 0.598. The van der Waals surface area contributed by atoms with E-state index in [1.54, 1.807) is 25.3 Å². The molecule has 1 aromatic rings. The zero-order chi connectivity index (χ0) is 12.2. The molecule has 0 saturated heterocycles. The first-order valence-electron chi connectivity index (χ1n) is 4.77. The maximum absolute atomic E-state index is 11.1. The maximum Gasteiger partial charge on any atom is 0.149 e. The normalized spacial score (nSPS) is 13.2. The Kier molecular flexibility index (Phi) is 4.08. The van der Waals surface area contributed by atoms with Gasteiger partial charge in [0.25, 0.3) is 0 Å². The van der Waals surface area contributed by atoms with Crippen LogP contribution in [0.1, 0.15) is 6.92 Å². The van der Waals surface area contributed by atoms with Crippen molar-refractivity contribution in [2.75, 3.05) is 22.8 Å². The molecule has 1 aromatic heterocycles. The molecule has 1 rings (SSSR count). The highest BCUT2D eigenvalue weighted by molar-refractivity contribution is 7.90. The minimum absolute atomic E-state index is 0.0840. The van der Waals surface area contributed by atoms with Crippen molar-refractivity contribution < 1.29 is 8.42 Å². The summed E-state index contributed by atoms with van der Waals surface area (Å²) in [6.07, 6.45) is 2.80. The quantitative estimate of drug-likeness (QED) is 0.506. The van der Waals surface area contributed by atoms with Gasteiger partial charge in [0.2, 0.25) is 0 Å². The maximum atomic E-state index is 11.1. The summed E-state index contributed by atoms with van der Waals surface area (Å²) in [4.78, 5) is 3.95. The standard InChI is InChI=1S/C9H16N4O2S/c1-7(6-16(2,14)15)12-8-3-4-11-9(5-8)13-10/h3-5,7H,6,10H2,1-2H3,(H2,11,12,13). The zero-order valence-corrected chi connectivity index (χ0v) is 10.1. The van der Waals surface area contributed by atoms with Crippen molar-refractivity contribution in [3.05, 3.63) is 18.3 Å². The number of hydrazine groups is 1. The van der Waals surface area contributed by atoms with Gasteiger partial charge in [-0.25, -0.2) is 19.2 Å². The zero-order valence-electron chi connectivity index (χ0n) is 9.27. The summed E-state index contributed by atoms with van der Waals surface area (Å²) >= 11 is 0. The third-order valence-corrected chi connectivity index (χ3v) is 2.98. The van der Waals surface area contributed by atoms with Gasteiger partial charge in [0, 0.05) is 30.2 Å². The van der Waals surface area contributed by atoms with Crippen LogP contribution >= 0.6 is 0 Å². The summed E-state index contributed by atoms with van der Waals surface area (Å²) in [7, 11) is -2.98. The molecule has 1 atom stereocenters. The van der Waals surface area contributed by atoms with E-state index < -0.39 is 9.84 Å². The topological polar surface area (TPSA) is 97.1 Å². The van der Waals surface area contributed by atoms with Gasteiger partial charge < -0.3 is 10.7 Å². The molecule has 0 aliphatic heterocycles. The van der Waals surface area contributed by atoms with Crippen molar-refractivity contribution in [3.8, 4) is 0 Å². The number of sulfone groups is 1. The molecule has 0 saturated carbocycles. The average Bonchev–Trinajstić information content (AvgIpc) is 2.15. The molecule has 16 heavy (non-hydrogen) atoms. The molecule has 0 spiro atoms. The third kappa shape index (κ3) is 4.45. The molecule has 0 amide bonds. The van der Waals surface area contributed by atoms with E-state index in [0.29, 0.717) is 5.82 Å². The lowest BCUT2D eigenvalue weighted by Crippen LogP contribution is -2.25. The van der Waals surface area contributed by atoms with Gasteiger partial charge in [-0.1, -0.05) is 0 Å². The van der Waals surface area contributed by atoms with E-state index in [1.807, 2.05) is 0 Å². The molecular formula is C9H16N4O2S. The van der Waals surface area contributed by atoms with Crippen molar-refractivity contribution in [1.29, 1.82) is 0 Å². The van der Waals surface area contributed by atoms with Gasteiger partial charge in [0.15, 0.2) is 0 Å². The Morgan fingerprint density at radius 2 is 2.25 bits per heavy atom. The van der Waals surface area contributed by atoms with E-state index >= 15 is 0 Å². The highest BCUT2D eigenvalue weighted by atomic mass is 32.2. The lowest BCUT2D eigenvalue weighted by atomic mass is 10.3. The Morgan fingerprint density at radius 1 is 1.56 bits per heavy atom. The van der Waals surface area contributed by atoms with Gasteiger partial charge in [-0.15, -0.1) is 0 Å². The molecule has 0 aliphatic rings. The van der Waals surface area contributed by atoms with Crippen LogP contribution in [0.4, 0.5) is 11.5 Å². The number of nitrogens with two attached hydrogens (primary N) is 1. The van der Waals surface area contributed by atoms with Gasteiger partial charge >= 0.3 is 0 Å². The molecule has 6 nitrogen and oxygen atoms in total. The number of nitrogens with zero attached hydrogens (tertiary/aromatic N) is 1. The molecule has 0 radical (unpaired) electrons. The second-order valence-corrected chi connectivity index (χ2v) is 5.90. The molecule has 1 heterocycles. The number of pyridine rings is 1. The second kappa shape index (κ2) is 5.13. The minimum Gasteiger partial charge on any atom is -0.381 e. The summed E-state index contributed by atoms with van der Waals surface area (Å²) in [6.45, 7) is 1.80. The fourth-order valence-electron chi connectivity index (χ4n) is 1.38. The molecule has 0 bridgehead atoms.